The highest BCUT2D eigenvalue weighted by Gasteiger charge is 2.12. The average molecular weight is 393 g/mol. The molecule has 0 radical (unpaired) electrons. The molecule has 0 aromatic heterocycles. The molecule has 1 aliphatic rings. The molecule has 0 saturated heterocycles. The zero-order chi connectivity index (χ0) is 19.4. The molecule has 28 heavy (non-hydrogen) atoms. The molecule has 0 bridgehead atoms. The number of rotatable bonds is 4. The van der Waals surface area contributed by atoms with E-state index in [0.29, 0.717) is 0 Å². The third kappa shape index (κ3) is 4.73. The first-order chi connectivity index (χ1) is 13.0. The number of halogens is 1. The largest absolute Gasteiger partial charge is 1.00 e. The fraction of sp³-hybridized carbons (Fsp3) is 0.208. The highest BCUT2D eigenvalue weighted by Crippen LogP contribution is 2.31. The number of hydrogen-bond donors (Lipinski definition) is 0. The molecule has 0 amide bonds. The van der Waals surface area contributed by atoms with Gasteiger partial charge in [0.25, 0.3) is 0 Å². The average Bonchev–Trinajstić information content (AvgIpc) is 2.69. The van der Waals surface area contributed by atoms with Crippen LogP contribution in [0.5, 0.6) is 0 Å². The van der Waals surface area contributed by atoms with Crippen LogP contribution in [0.4, 0.5) is 11.4 Å². The molecule has 3 rings (SSSR count). The van der Waals surface area contributed by atoms with Crippen LogP contribution in [0.15, 0.2) is 83.4 Å². The Labute approximate surface area is 174 Å². The van der Waals surface area contributed by atoms with Gasteiger partial charge in [-0.15, -0.1) is 0 Å². The molecular weight excluding hydrogens is 366 g/mol. The van der Waals surface area contributed by atoms with Crippen molar-refractivity contribution in [2.24, 2.45) is 4.99 Å². The van der Waals surface area contributed by atoms with Crippen molar-refractivity contribution in [3.8, 4) is 0 Å². The number of allylic oxidation sites excluding steroid dienone is 5. The zero-order valence-corrected chi connectivity index (χ0v) is 17.9. The van der Waals surface area contributed by atoms with Crippen molar-refractivity contribution in [2.45, 2.75) is 0 Å². The molecule has 146 valence electrons. The second-order valence-electron chi connectivity index (χ2n) is 7.03. The quantitative estimate of drug-likeness (QED) is 0.790. The molecule has 0 unspecified atom stereocenters. The lowest BCUT2D eigenvalue weighted by atomic mass is 9.90. The van der Waals surface area contributed by atoms with Crippen molar-refractivity contribution in [1.82, 2.24) is 0 Å². The maximum Gasteiger partial charge on any atom is 0.0571 e. The second-order valence-corrected chi connectivity index (χ2v) is 7.03. The molecule has 2 aromatic rings. The molecule has 0 heterocycles. The smallest absolute Gasteiger partial charge is 0.0571 e. The molecule has 0 N–H and O–H groups in total. The summed E-state index contributed by atoms with van der Waals surface area (Å²) in [6.45, 7) is 0. The summed E-state index contributed by atoms with van der Waals surface area (Å²) in [5.41, 5.74) is 8.22. The summed E-state index contributed by atoms with van der Waals surface area (Å²) in [6, 6.07) is 17.5. The van der Waals surface area contributed by atoms with Crippen LogP contribution >= 0.6 is 0 Å². The van der Waals surface area contributed by atoms with Crippen LogP contribution in [0, 0.1) is 0 Å². The van der Waals surface area contributed by atoms with Crippen molar-refractivity contribution in [2.75, 3.05) is 45.0 Å². The van der Waals surface area contributed by atoms with Crippen LogP contribution < -0.4 is 22.2 Å². The molecule has 0 atom stereocenters. The predicted molar refractivity (Wildman–Crippen MR) is 119 cm³/mol. The van der Waals surface area contributed by atoms with Gasteiger partial charge in [-0.25, -0.2) is 0 Å². The van der Waals surface area contributed by atoms with E-state index in [9.17, 15) is 0 Å². The maximum atomic E-state index is 4.26. The monoisotopic (exact) mass is 392 g/mol. The van der Waals surface area contributed by atoms with Gasteiger partial charge >= 0.3 is 0 Å². The van der Waals surface area contributed by atoms with Crippen LogP contribution in [0.1, 0.15) is 11.1 Å². The molecule has 1 aliphatic carbocycles. The number of hydrogen-bond acceptors (Lipinski definition) is 3. The Balaban J connectivity index is 0.00000280. The minimum Gasteiger partial charge on any atom is -1.00 e. The van der Waals surface area contributed by atoms with Crippen molar-refractivity contribution in [3.63, 3.8) is 0 Å². The van der Waals surface area contributed by atoms with Gasteiger partial charge in [0, 0.05) is 46.6 Å². The van der Waals surface area contributed by atoms with E-state index in [-0.39, 0.29) is 12.4 Å². The van der Waals surface area contributed by atoms with Crippen LogP contribution in [-0.2, 0) is 0 Å². The molecule has 3 nitrogen and oxygen atoms in total. The van der Waals surface area contributed by atoms with Gasteiger partial charge in [0.2, 0.25) is 0 Å². The Kier molecular flexibility index (Phi) is 7.24. The first-order valence-electron chi connectivity index (χ1n) is 9.12. The van der Waals surface area contributed by atoms with E-state index in [2.05, 4.69) is 116 Å². The van der Waals surface area contributed by atoms with Crippen LogP contribution in [0.25, 0.3) is 5.57 Å². The number of benzene rings is 2. The molecule has 0 aliphatic heterocycles. The lowest BCUT2D eigenvalue weighted by molar-refractivity contribution is -0.00000548. The maximum absolute atomic E-state index is 4.26. The second kappa shape index (κ2) is 9.43. The molecule has 0 spiro atoms. The third-order valence-electron chi connectivity index (χ3n) is 4.76. The lowest BCUT2D eigenvalue weighted by Gasteiger charge is -2.18. The van der Waals surface area contributed by atoms with Crippen LogP contribution in [0.2, 0.25) is 0 Å². The third-order valence-corrected chi connectivity index (χ3v) is 4.76. The van der Waals surface area contributed by atoms with Gasteiger partial charge in [-0.1, -0.05) is 36.4 Å². The Bertz CT molecular complexity index is 844. The summed E-state index contributed by atoms with van der Waals surface area (Å²) in [5.74, 6) is 0. The topological polar surface area (TPSA) is 18.8 Å². The highest BCUT2D eigenvalue weighted by atomic mass is 35.5. The summed E-state index contributed by atoms with van der Waals surface area (Å²) in [5, 5.41) is 0. The molecule has 4 heteroatoms. The van der Waals surface area contributed by atoms with Gasteiger partial charge < -0.3 is 22.2 Å². The molecule has 2 aromatic carbocycles. The van der Waals surface area contributed by atoms with Crippen molar-refractivity contribution in [1.29, 1.82) is 0 Å². The van der Waals surface area contributed by atoms with Crippen molar-refractivity contribution in [3.05, 3.63) is 89.5 Å². The van der Waals surface area contributed by atoms with E-state index in [1.54, 1.807) is 0 Å². The van der Waals surface area contributed by atoms with Gasteiger partial charge in [-0.3, -0.25) is 4.99 Å². The zero-order valence-electron chi connectivity index (χ0n) is 17.1. The first kappa shape index (κ1) is 21.5. The number of aliphatic imine (C=N–C) groups is 1. The fourth-order valence-electron chi connectivity index (χ4n) is 3.13. The Morgan fingerprint density at radius 2 is 1.04 bits per heavy atom. The van der Waals surface area contributed by atoms with E-state index in [1.807, 2.05) is 7.05 Å². The summed E-state index contributed by atoms with van der Waals surface area (Å²) < 4.78 is 0. The van der Waals surface area contributed by atoms with Gasteiger partial charge in [-0.05, 0) is 58.7 Å². The molecular formula is C24H27ClN3-. The van der Waals surface area contributed by atoms with Crippen LogP contribution in [-0.4, -0.2) is 41.0 Å². The van der Waals surface area contributed by atoms with E-state index >= 15 is 0 Å². The van der Waals surface area contributed by atoms with Gasteiger partial charge in [0.1, 0.15) is 0 Å². The highest BCUT2D eigenvalue weighted by molar-refractivity contribution is 6.07. The Morgan fingerprint density at radius 1 is 0.643 bits per heavy atom. The van der Waals surface area contributed by atoms with Gasteiger partial charge in [-0.2, -0.15) is 0 Å². The predicted octanol–water partition coefficient (Wildman–Crippen LogP) is 1.82. The summed E-state index contributed by atoms with van der Waals surface area (Å²) in [6.07, 6.45) is 8.43. The Morgan fingerprint density at radius 3 is 1.36 bits per heavy atom. The van der Waals surface area contributed by atoms with Gasteiger partial charge in [0.05, 0.1) is 5.71 Å². The Hall–Kier alpha value is -2.78. The normalized spacial score (nSPS) is 12.5. The summed E-state index contributed by atoms with van der Waals surface area (Å²) >= 11 is 0. The van der Waals surface area contributed by atoms with E-state index in [4.69, 9.17) is 0 Å². The lowest BCUT2D eigenvalue weighted by Crippen LogP contribution is -3.00. The van der Waals surface area contributed by atoms with E-state index in [0.717, 1.165) is 5.71 Å². The van der Waals surface area contributed by atoms with Crippen LogP contribution in [0.3, 0.4) is 0 Å². The standard InChI is InChI=1S/C24H27N3.ClH/c1-25-21-12-6-18(7-13-21)24(19-8-14-22(15-9-19)26(2)3)20-10-16-23(17-11-20)27(4)5;/h6-17H,1-5H3;1H/p-1. The minimum absolute atomic E-state index is 0. The molecule has 0 fully saturated rings. The summed E-state index contributed by atoms with van der Waals surface area (Å²) in [7, 11) is 10.1. The molecule has 0 saturated carbocycles. The van der Waals surface area contributed by atoms with E-state index in [1.165, 1.54) is 33.6 Å². The fourth-order valence-corrected chi connectivity index (χ4v) is 3.13. The summed E-state index contributed by atoms with van der Waals surface area (Å²) in [4.78, 5) is 8.49. The van der Waals surface area contributed by atoms with Gasteiger partial charge in [0.15, 0.2) is 0 Å². The van der Waals surface area contributed by atoms with E-state index < -0.39 is 0 Å². The SMILES string of the molecule is CN=C1C=CC(=C(c2ccc(N(C)C)cc2)c2ccc(N(C)C)cc2)C=C1.[Cl-]. The van der Waals surface area contributed by atoms with Crippen molar-refractivity contribution >= 4 is 22.7 Å². The van der Waals surface area contributed by atoms with Crippen molar-refractivity contribution < 1.29 is 12.4 Å². The minimum atomic E-state index is 0. The number of nitrogens with zero attached hydrogens (tertiary/aromatic N) is 3. The first-order valence-corrected chi connectivity index (χ1v) is 9.12. The number of anilines is 2.